The van der Waals surface area contributed by atoms with Crippen LogP contribution < -0.4 is 5.46 Å². The van der Waals surface area contributed by atoms with E-state index in [0.29, 0.717) is 21.1 Å². The zero-order valence-corrected chi connectivity index (χ0v) is 13.0. The predicted octanol–water partition coefficient (Wildman–Crippen LogP) is 2.78. The van der Waals surface area contributed by atoms with E-state index in [1.807, 2.05) is 27.7 Å². The summed E-state index contributed by atoms with van der Waals surface area (Å²) < 4.78 is 11.9. The van der Waals surface area contributed by atoms with Gasteiger partial charge in [0.2, 0.25) is 0 Å². The van der Waals surface area contributed by atoms with Crippen molar-refractivity contribution in [2.24, 2.45) is 0 Å². The smallest absolute Gasteiger partial charge is 0.399 e. The molecule has 1 aromatic carbocycles. The Hall–Kier alpha value is -0.255. The minimum Gasteiger partial charge on any atom is -0.399 e. The van der Waals surface area contributed by atoms with E-state index in [9.17, 15) is 5.11 Å². The van der Waals surface area contributed by atoms with Gasteiger partial charge in [-0.1, -0.05) is 29.3 Å². The number of rotatable bonds is 2. The molecule has 0 aliphatic carbocycles. The maximum atomic E-state index is 9.27. The van der Waals surface area contributed by atoms with Gasteiger partial charge in [0.25, 0.3) is 0 Å². The molecular weight excluding hydrogens is 286 g/mol. The van der Waals surface area contributed by atoms with Crippen LogP contribution in [0, 0.1) is 0 Å². The Morgan fingerprint density at radius 2 is 1.58 bits per heavy atom. The molecule has 0 unspecified atom stereocenters. The Kier molecular flexibility index (Phi) is 3.93. The fourth-order valence-electron chi connectivity index (χ4n) is 1.88. The molecule has 1 aromatic rings. The predicted molar refractivity (Wildman–Crippen MR) is 78.1 cm³/mol. The summed E-state index contributed by atoms with van der Waals surface area (Å²) in [6, 6.07) is 3.34. The summed E-state index contributed by atoms with van der Waals surface area (Å²) in [5, 5.41) is 10.2. The van der Waals surface area contributed by atoms with Crippen molar-refractivity contribution in [3.8, 4) is 0 Å². The van der Waals surface area contributed by atoms with Gasteiger partial charge in [-0.3, -0.25) is 0 Å². The molecular formula is C13H17BCl2O3. The molecule has 1 N–H and O–H groups in total. The molecule has 104 valence electrons. The molecule has 0 aromatic heterocycles. The van der Waals surface area contributed by atoms with Crippen LogP contribution >= 0.6 is 23.2 Å². The topological polar surface area (TPSA) is 38.7 Å². The van der Waals surface area contributed by atoms with Crippen LogP contribution in [-0.4, -0.2) is 23.4 Å². The Morgan fingerprint density at radius 3 is 2.05 bits per heavy atom. The van der Waals surface area contributed by atoms with Gasteiger partial charge in [-0.25, -0.2) is 0 Å². The molecule has 0 bridgehead atoms. The Labute approximate surface area is 124 Å². The maximum Gasteiger partial charge on any atom is 0.496 e. The minimum atomic E-state index is -0.555. The van der Waals surface area contributed by atoms with E-state index < -0.39 is 18.3 Å². The van der Waals surface area contributed by atoms with Gasteiger partial charge in [-0.05, 0) is 39.3 Å². The highest BCUT2D eigenvalue weighted by molar-refractivity contribution is 6.65. The second kappa shape index (κ2) is 4.94. The van der Waals surface area contributed by atoms with Crippen molar-refractivity contribution >= 4 is 35.8 Å². The minimum absolute atomic E-state index is 0.150. The average molecular weight is 303 g/mol. The summed E-state index contributed by atoms with van der Waals surface area (Å²) >= 11 is 12.2. The van der Waals surface area contributed by atoms with E-state index in [1.165, 1.54) is 0 Å². The lowest BCUT2D eigenvalue weighted by molar-refractivity contribution is 0.00578. The van der Waals surface area contributed by atoms with Crippen molar-refractivity contribution in [3.05, 3.63) is 27.7 Å². The molecule has 0 atom stereocenters. The molecule has 6 heteroatoms. The molecule has 1 saturated heterocycles. The fraction of sp³-hybridized carbons (Fsp3) is 0.538. The molecule has 1 aliphatic rings. The third kappa shape index (κ3) is 2.65. The van der Waals surface area contributed by atoms with E-state index in [4.69, 9.17) is 32.5 Å². The lowest BCUT2D eigenvalue weighted by atomic mass is 9.78. The molecule has 0 radical (unpaired) electrons. The van der Waals surface area contributed by atoms with E-state index in [1.54, 1.807) is 12.1 Å². The lowest BCUT2D eigenvalue weighted by Crippen LogP contribution is -2.41. The number of hydrogen-bond donors (Lipinski definition) is 1. The van der Waals surface area contributed by atoms with E-state index in [0.717, 1.165) is 0 Å². The van der Waals surface area contributed by atoms with Crippen LogP contribution in [0.2, 0.25) is 10.0 Å². The Bertz CT molecular complexity index is 487. The molecule has 3 nitrogen and oxygen atoms in total. The second-order valence-electron chi connectivity index (χ2n) is 5.71. The van der Waals surface area contributed by atoms with Crippen molar-refractivity contribution in [1.29, 1.82) is 0 Å². The fourth-order valence-corrected chi connectivity index (χ4v) is 2.42. The largest absolute Gasteiger partial charge is 0.496 e. The van der Waals surface area contributed by atoms with Gasteiger partial charge >= 0.3 is 7.12 Å². The van der Waals surface area contributed by atoms with Gasteiger partial charge in [0.05, 0.1) is 17.8 Å². The molecule has 2 rings (SSSR count). The van der Waals surface area contributed by atoms with Crippen molar-refractivity contribution in [3.63, 3.8) is 0 Å². The summed E-state index contributed by atoms with van der Waals surface area (Å²) in [4.78, 5) is 0. The highest BCUT2D eigenvalue weighted by Gasteiger charge is 2.52. The highest BCUT2D eigenvalue weighted by Crippen LogP contribution is 2.37. The monoisotopic (exact) mass is 302 g/mol. The standard InChI is InChI=1S/C13H17BCl2O3/c1-12(2)13(3,4)19-14(18-12)9-5-8(7-17)10(15)6-11(9)16/h5-6,17H,7H2,1-4H3. The highest BCUT2D eigenvalue weighted by atomic mass is 35.5. The van der Waals surface area contributed by atoms with Crippen LogP contribution in [0.1, 0.15) is 33.3 Å². The van der Waals surface area contributed by atoms with Crippen LogP contribution in [0.3, 0.4) is 0 Å². The van der Waals surface area contributed by atoms with Gasteiger partial charge in [0.1, 0.15) is 0 Å². The average Bonchev–Trinajstić information content (AvgIpc) is 2.48. The van der Waals surface area contributed by atoms with Gasteiger partial charge < -0.3 is 14.4 Å². The molecule has 0 saturated carbocycles. The lowest BCUT2D eigenvalue weighted by Gasteiger charge is -2.32. The first-order valence-corrected chi connectivity index (χ1v) is 6.88. The van der Waals surface area contributed by atoms with Crippen LogP contribution in [-0.2, 0) is 15.9 Å². The van der Waals surface area contributed by atoms with Crippen molar-refractivity contribution in [2.45, 2.75) is 45.5 Å². The SMILES string of the molecule is CC1(C)OB(c2cc(CO)c(Cl)cc2Cl)OC1(C)C. The first-order chi connectivity index (χ1) is 8.68. The van der Waals surface area contributed by atoms with Crippen molar-refractivity contribution < 1.29 is 14.4 Å². The van der Waals surface area contributed by atoms with Crippen LogP contribution in [0.15, 0.2) is 12.1 Å². The van der Waals surface area contributed by atoms with E-state index in [-0.39, 0.29) is 6.61 Å². The maximum absolute atomic E-state index is 9.27. The van der Waals surface area contributed by atoms with Crippen LogP contribution in [0.4, 0.5) is 0 Å². The van der Waals surface area contributed by atoms with Gasteiger partial charge in [-0.15, -0.1) is 0 Å². The van der Waals surface area contributed by atoms with Gasteiger partial charge in [0.15, 0.2) is 0 Å². The number of aliphatic hydroxyl groups excluding tert-OH is 1. The summed E-state index contributed by atoms with van der Waals surface area (Å²) in [7, 11) is -0.555. The summed E-state index contributed by atoms with van der Waals surface area (Å²) in [5.41, 5.74) is 0.435. The first kappa shape index (κ1) is 15.1. The van der Waals surface area contributed by atoms with E-state index >= 15 is 0 Å². The molecule has 1 fully saturated rings. The second-order valence-corrected chi connectivity index (χ2v) is 6.53. The number of halogens is 2. The first-order valence-electron chi connectivity index (χ1n) is 6.12. The van der Waals surface area contributed by atoms with E-state index in [2.05, 4.69) is 0 Å². The van der Waals surface area contributed by atoms with Crippen molar-refractivity contribution in [2.75, 3.05) is 0 Å². The molecule has 0 amide bonds. The Morgan fingerprint density at radius 1 is 1.05 bits per heavy atom. The number of aliphatic hydroxyl groups is 1. The number of hydrogen-bond acceptors (Lipinski definition) is 3. The summed E-state index contributed by atoms with van der Waals surface area (Å²) in [5.74, 6) is 0. The van der Waals surface area contributed by atoms with Gasteiger partial charge in [0, 0.05) is 15.5 Å². The van der Waals surface area contributed by atoms with Gasteiger partial charge in [-0.2, -0.15) is 0 Å². The Balaban J connectivity index is 2.39. The molecule has 0 spiro atoms. The van der Waals surface area contributed by atoms with Crippen molar-refractivity contribution in [1.82, 2.24) is 0 Å². The quantitative estimate of drug-likeness (QED) is 0.854. The molecule has 1 aliphatic heterocycles. The normalized spacial score (nSPS) is 20.9. The zero-order valence-electron chi connectivity index (χ0n) is 11.5. The summed E-state index contributed by atoms with van der Waals surface area (Å²) in [6.45, 7) is 7.75. The summed E-state index contributed by atoms with van der Waals surface area (Å²) in [6.07, 6.45) is 0. The third-order valence-electron chi connectivity index (χ3n) is 3.84. The molecule has 19 heavy (non-hydrogen) atoms. The number of benzene rings is 1. The zero-order chi connectivity index (χ0) is 14.4. The van der Waals surface area contributed by atoms with Crippen LogP contribution in [0.5, 0.6) is 0 Å². The third-order valence-corrected chi connectivity index (χ3v) is 4.52. The molecule has 1 heterocycles. The van der Waals surface area contributed by atoms with Crippen LogP contribution in [0.25, 0.3) is 0 Å².